The summed E-state index contributed by atoms with van der Waals surface area (Å²) in [6, 6.07) is 7.38. The number of hydrogen-bond donors (Lipinski definition) is 2. The van der Waals surface area contributed by atoms with Crippen LogP contribution in [0.15, 0.2) is 24.3 Å². The van der Waals surface area contributed by atoms with Gasteiger partial charge in [-0.05, 0) is 31.2 Å². The van der Waals surface area contributed by atoms with Crippen LogP contribution in [0.4, 0.5) is 10.5 Å². The molecule has 0 spiro atoms. The average Bonchev–Trinajstić information content (AvgIpc) is 2.42. The van der Waals surface area contributed by atoms with E-state index in [9.17, 15) is 4.79 Å². The highest BCUT2D eigenvalue weighted by atomic mass is 35.5. The third kappa shape index (κ3) is 4.61. The van der Waals surface area contributed by atoms with Crippen LogP contribution < -0.4 is 15.4 Å². The maximum absolute atomic E-state index is 11.9. The van der Waals surface area contributed by atoms with Gasteiger partial charge < -0.3 is 20.3 Å². The molecule has 0 atom stereocenters. The summed E-state index contributed by atoms with van der Waals surface area (Å²) >= 11 is 0. The van der Waals surface area contributed by atoms with Gasteiger partial charge in [-0.1, -0.05) is 0 Å². The SMILES string of the molecule is CCOc1ccc(NC(=O)N2CCNCC2)cc1.Cl. The second-order valence-electron chi connectivity index (χ2n) is 4.12. The normalized spacial score (nSPS) is 14.5. The molecule has 1 saturated heterocycles. The Balaban J connectivity index is 0.00000180. The van der Waals surface area contributed by atoms with E-state index in [0.717, 1.165) is 37.6 Å². The number of ether oxygens (including phenoxy) is 1. The zero-order valence-corrected chi connectivity index (χ0v) is 11.8. The summed E-state index contributed by atoms with van der Waals surface area (Å²) in [5, 5.41) is 6.10. The van der Waals surface area contributed by atoms with Crippen molar-refractivity contribution in [2.45, 2.75) is 6.92 Å². The van der Waals surface area contributed by atoms with Gasteiger partial charge in [0.15, 0.2) is 0 Å². The molecule has 0 aromatic heterocycles. The van der Waals surface area contributed by atoms with Crippen LogP contribution in [0, 0.1) is 0 Å². The molecule has 106 valence electrons. The largest absolute Gasteiger partial charge is 0.494 e. The molecule has 19 heavy (non-hydrogen) atoms. The minimum Gasteiger partial charge on any atom is -0.494 e. The van der Waals surface area contributed by atoms with Gasteiger partial charge in [0.2, 0.25) is 0 Å². The monoisotopic (exact) mass is 285 g/mol. The van der Waals surface area contributed by atoms with Gasteiger partial charge in [0.25, 0.3) is 0 Å². The second-order valence-corrected chi connectivity index (χ2v) is 4.12. The van der Waals surface area contributed by atoms with Crippen LogP contribution in [0.25, 0.3) is 0 Å². The van der Waals surface area contributed by atoms with Crippen LogP contribution in [-0.2, 0) is 0 Å². The first-order chi connectivity index (χ1) is 8.79. The predicted octanol–water partition coefficient (Wildman–Crippen LogP) is 1.94. The highest BCUT2D eigenvalue weighted by Gasteiger charge is 2.15. The Morgan fingerprint density at radius 1 is 1.32 bits per heavy atom. The molecule has 0 aliphatic carbocycles. The fraction of sp³-hybridized carbons (Fsp3) is 0.462. The van der Waals surface area contributed by atoms with Crippen molar-refractivity contribution >= 4 is 24.1 Å². The molecule has 0 unspecified atom stereocenters. The summed E-state index contributed by atoms with van der Waals surface area (Å²) in [4.78, 5) is 13.7. The van der Waals surface area contributed by atoms with Crippen LogP contribution in [0.3, 0.4) is 0 Å². The molecular formula is C13H20ClN3O2. The van der Waals surface area contributed by atoms with Crippen molar-refractivity contribution in [3.05, 3.63) is 24.3 Å². The third-order valence-corrected chi connectivity index (χ3v) is 2.82. The van der Waals surface area contributed by atoms with Crippen LogP contribution in [0.2, 0.25) is 0 Å². The standard InChI is InChI=1S/C13H19N3O2.ClH/c1-2-18-12-5-3-11(4-6-12)15-13(17)16-9-7-14-8-10-16;/h3-6,14H,2,7-10H2,1H3,(H,15,17);1H. The number of nitrogens with zero attached hydrogens (tertiary/aromatic N) is 1. The van der Waals surface area contributed by atoms with E-state index >= 15 is 0 Å². The lowest BCUT2D eigenvalue weighted by molar-refractivity contribution is 0.204. The highest BCUT2D eigenvalue weighted by Crippen LogP contribution is 2.16. The minimum absolute atomic E-state index is 0. The Morgan fingerprint density at radius 2 is 1.95 bits per heavy atom. The van der Waals surface area contributed by atoms with Crippen LogP contribution in [-0.4, -0.2) is 43.7 Å². The topological polar surface area (TPSA) is 53.6 Å². The fourth-order valence-corrected chi connectivity index (χ4v) is 1.87. The number of carbonyl (C=O) groups is 1. The summed E-state index contributed by atoms with van der Waals surface area (Å²) in [7, 11) is 0. The summed E-state index contributed by atoms with van der Waals surface area (Å²) in [5.74, 6) is 0.817. The Labute approximate surface area is 119 Å². The number of urea groups is 1. The number of nitrogens with one attached hydrogen (secondary N) is 2. The number of rotatable bonds is 3. The molecule has 1 aliphatic rings. The second kappa shape index (κ2) is 7.86. The zero-order chi connectivity index (χ0) is 12.8. The number of piperazine rings is 1. The Hall–Kier alpha value is -1.46. The van der Waals surface area contributed by atoms with Crippen molar-refractivity contribution in [3.8, 4) is 5.75 Å². The molecule has 1 aliphatic heterocycles. The van der Waals surface area contributed by atoms with E-state index < -0.39 is 0 Å². The van der Waals surface area contributed by atoms with E-state index in [1.54, 1.807) is 0 Å². The van der Waals surface area contributed by atoms with Crippen molar-refractivity contribution in [2.24, 2.45) is 0 Å². The number of anilines is 1. The van der Waals surface area contributed by atoms with E-state index in [1.807, 2.05) is 36.1 Å². The van der Waals surface area contributed by atoms with Crippen LogP contribution in [0.5, 0.6) is 5.75 Å². The van der Waals surface area contributed by atoms with Crippen molar-refractivity contribution in [2.75, 3.05) is 38.1 Å². The van der Waals surface area contributed by atoms with Gasteiger partial charge in [0.05, 0.1) is 6.61 Å². The van der Waals surface area contributed by atoms with E-state index in [1.165, 1.54) is 0 Å². The lowest BCUT2D eigenvalue weighted by Crippen LogP contribution is -2.48. The van der Waals surface area contributed by atoms with E-state index in [2.05, 4.69) is 10.6 Å². The van der Waals surface area contributed by atoms with Gasteiger partial charge in [0, 0.05) is 31.9 Å². The Bertz CT molecular complexity index is 391. The van der Waals surface area contributed by atoms with Crippen molar-refractivity contribution in [1.82, 2.24) is 10.2 Å². The van der Waals surface area contributed by atoms with Gasteiger partial charge in [-0.15, -0.1) is 12.4 Å². The number of carbonyl (C=O) groups excluding carboxylic acids is 1. The quantitative estimate of drug-likeness (QED) is 0.892. The first-order valence-corrected chi connectivity index (χ1v) is 6.29. The van der Waals surface area contributed by atoms with Crippen LogP contribution in [0.1, 0.15) is 6.92 Å². The van der Waals surface area contributed by atoms with Gasteiger partial charge >= 0.3 is 6.03 Å². The van der Waals surface area contributed by atoms with Gasteiger partial charge in [-0.25, -0.2) is 4.79 Å². The van der Waals surface area contributed by atoms with Crippen LogP contribution >= 0.6 is 12.4 Å². The molecule has 1 fully saturated rings. The molecule has 0 bridgehead atoms. The number of hydrogen-bond acceptors (Lipinski definition) is 3. The van der Waals surface area contributed by atoms with Gasteiger partial charge in [0.1, 0.15) is 5.75 Å². The summed E-state index contributed by atoms with van der Waals surface area (Å²) in [5.41, 5.74) is 0.794. The van der Waals surface area contributed by atoms with Crippen molar-refractivity contribution < 1.29 is 9.53 Å². The minimum atomic E-state index is -0.0411. The Kier molecular flexibility index (Phi) is 6.45. The molecule has 2 rings (SSSR count). The molecule has 0 radical (unpaired) electrons. The molecule has 5 nitrogen and oxygen atoms in total. The summed E-state index contributed by atoms with van der Waals surface area (Å²) in [6.07, 6.45) is 0. The predicted molar refractivity (Wildman–Crippen MR) is 78.3 cm³/mol. The molecule has 1 heterocycles. The first-order valence-electron chi connectivity index (χ1n) is 6.29. The van der Waals surface area contributed by atoms with Gasteiger partial charge in [-0.3, -0.25) is 0 Å². The highest BCUT2D eigenvalue weighted by molar-refractivity contribution is 5.89. The first kappa shape index (κ1) is 15.6. The summed E-state index contributed by atoms with van der Waals surface area (Å²) < 4.78 is 5.35. The molecule has 2 N–H and O–H groups in total. The van der Waals surface area contributed by atoms with Crippen molar-refractivity contribution in [1.29, 1.82) is 0 Å². The van der Waals surface area contributed by atoms with E-state index in [0.29, 0.717) is 6.61 Å². The smallest absolute Gasteiger partial charge is 0.321 e. The lowest BCUT2D eigenvalue weighted by Gasteiger charge is -2.27. The van der Waals surface area contributed by atoms with E-state index in [4.69, 9.17) is 4.74 Å². The number of amides is 2. The maximum Gasteiger partial charge on any atom is 0.321 e. The fourth-order valence-electron chi connectivity index (χ4n) is 1.87. The van der Waals surface area contributed by atoms with Crippen molar-refractivity contribution in [3.63, 3.8) is 0 Å². The molecule has 0 saturated carbocycles. The number of halogens is 1. The number of benzene rings is 1. The third-order valence-electron chi connectivity index (χ3n) is 2.82. The molecule has 1 aromatic carbocycles. The van der Waals surface area contributed by atoms with Gasteiger partial charge in [-0.2, -0.15) is 0 Å². The Morgan fingerprint density at radius 3 is 2.53 bits per heavy atom. The average molecular weight is 286 g/mol. The maximum atomic E-state index is 11.9. The summed E-state index contributed by atoms with van der Waals surface area (Å²) in [6.45, 7) is 5.81. The lowest BCUT2D eigenvalue weighted by atomic mass is 10.3. The van der Waals surface area contributed by atoms with E-state index in [-0.39, 0.29) is 18.4 Å². The molecule has 6 heteroatoms. The molecule has 2 amide bonds. The molecular weight excluding hydrogens is 266 g/mol. The zero-order valence-electron chi connectivity index (χ0n) is 11.0. The molecule has 1 aromatic rings.